The van der Waals surface area contributed by atoms with Gasteiger partial charge in [-0.05, 0) is 47.5 Å². The molecular formula is C29H25F3N6O2. The largest absolute Gasteiger partial charge is 0.436 e. The van der Waals surface area contributed by atoms with Crippen molar-refractivity contribution in [2.24, 2.45) is 0 Å². The number of ether oxygens (including phenoxy) is 1. The molecule has 1 aliphatic rings. The molecule has 11 heteroatoms. The smallest absolute Gasteiger partial charge is 0.274 e. The Balaban J connectivity index is 1.27. The van der Waals surface area contributed by atoms with Crippen molar-refractivity contribution in [2.45, 2.75) is 18.9 Å². The van der Waals surface area contributed by atoms with Gasteiger partial charge < -0.3 is 15.8 Å². The van der Waals surface area contributed by atoms with Gasteiger partial charge in [-0.25, -0.2) is 18.2 Å². The molecule has 0 aliphatic carbocycles. The highest BCUT2D eigenvalue weighted by Crippen LogP contribution is 2.29. The Morgan fingerprint density at radius 1 is 1.07 bits per heavy atom. The highest BCUT2D eigenvalue weighted by molar-refractivity contribution is 6.48. The number of carbonyl (C=O) groups excluding carboxylic acids is 1. The van der Waals surface area contributed by atoms with Crippen LogP contribution in [0.4, 0.5) is 24.5 Å². The number of para-hydroxylation sites is 1. The number of alkyl halides is 2. The zero-order valence-electron chi connectivity index (χ0n) is 21.2. The summed E-state index contributed by atoms with van der Waals surface area (Å²) >= 11 is 0. The number of carbonyl (C=O) groups is 1. The molecule has 4 N–H and O–H groups in total. The molecular weight excluding hydrogens is 521 g/mol. The number of rotatable bonds is 8. The van der Waals surface area contributed by atoms with Crippen LogP contribution in [0.1, 0.15) is 17.5 Å². The second-order valence-electron chi connectivity index (χ2n) is 9.45. The van der Waals surface area contributed by atoms with Gasteiger partial charge >= 0.3 is 0 Å². The van der Waals surface area contributed by atoms with Crippen LogP contribution >= 0.6 is 0 Å². The number of nitrogens with two attached hydrogens (primary N) is 1. The Labute approximate surface area is 228 Å². The Kier molecular flexibility index (Phi) is 7.47. The van der Waals surface area contributed by atoms with Crippen LogP contribution in [0.2, 0.25) is 0 Å². The van der Waals surface area contributed by atoms with Crippen LogP contribution in [0.15, 0.2) is 79.3 Å². The van der Waals surface area contributed by atoms with Gasteiger partial charge in [0, 0.05) is 54.8 Å². The Hall–Kier alpha value is -4.77. The zero-order chi connectivity index (χ0) is 28.3. The number of aromatic nitrogens is 2. The van der Waals surface area contributed by atoms with Crippen LogP contribution in [0.5, 0.6) is 11.6 Å². The van der Waals surface area contributed by atoms with Crippen molar-refractivity contribution < 1.29 is 22.7 Å². The van der Waals surface area contributed by atoms with E-state index in [1.54, 1.807) is 47.6 Å². The highest BCUT2D eigenvalue weighted by Gasteiger charge is 2.37. The number of hydrogen-bond donors (Lipinski definition) is 3. The molecule has 204 valence electrons. The van der Waals surface area contributed by atoms with Crippen LogP contribution in [0.25, 0.3) is 11.1 Å². The van der Waals surface area contributed by atoms with Crippen molar-refractivity contribution in [1.82, 2.24) is 14.9 Å². The van der Waals surface area contributed by atoms with Crippen LogP contribution in [0.3, 0.4) is 0 Å². The van der Waals surface area contributed by atoms with E-state index in [0.29, 0.717) is 29.9 Å². The van der Waals surface area contributed by atoms with E-state index >= 15 is 0 Å². The lowest BCUT2D eigenvalue weighted by Crippen LogP contribution is -2.24. The molecule has 1 fully saturated rings. The van der Waals surface area contributed by atoms with Crippen LogP contribution in [0, 0.1) is 11.2 Å². The monoisotopic (exact) mass is 546 g/mol. The number of benzene rings is 2. The summed E-state index contributed by atoms with van der Waals surface area (Å²) < 4.78 is 46.4. The summed E-state index contributed by atoms with van der Waals surface area (Å²) in [5.41, 5.74) is 8.62. The van der Waals surface area contributed by atoms with Gasteiger partial charge in [0.15, 0.2) is 11.6 Å². The van der Waals surface area contributed by atoms with E-state index in [0.717, 1.165) is 5.56 Å². The molecule has 0 atom stereocenters. The summed E-state index contributed by atoms with van der Waals surface area (Å²) in [5.74, 6) is -3.78. The number of nitrogen functional groups attached to an aromatic ring is 1. The van der Waals surface area contributed by atoms with Crippen LogP contribution in [-0.2, 0) is 11.3 Å². The van der Waals surface area contributed by atoms with E-state index in [-0.39, 0.29) is 41.6 Å². The SMILES string of the molecule is N=C(C(=O)Nc1ccc(Oc2ccccc2F)nc1)c1cc(-c2cncc(CN3CCC(F)(F)C3)c2)ccc1N. The molecule has 0 saturated carbocycles. The molecule has 0 radical (unpaired) electrons. The average Bonchev–Trinajstić information content (AvgIpc) is 3.28. The Bertz CT molecular complexity index is 1560. The molecule has 0 unspecified atom stereocenters. The van der Waals surface area contributed by atoms with Gasteiger partial charge in [-0.2, -0.15) is 0 Å². The molecule has 40 heavy (non-hydrogen) atoms. The van der Waals surface area contributed by atoms with E-state index < -0.39 is 17.6 Å². The van der Waals surface area contributed by atoms with Crippen LogP contribution in [-0.4, -0.2) is 45.5 Å². The van der Waals surface area contributed by atoms with E-state index in [1.165, 1.54) is 30.5 Å². The predicted octanol–water partition coefficient (Wildman–Crippen LogP) is 5.50. The fourth-order valence-electron chi connectivity index (χ4n) is 4.36. The summed E-state index contributed by atoms with van der Waals surface area (Å²) in [6.07, 6.45) is 4.42. The molecule has 2 aromatic heterocycles. The van der Waals surface area contributed by atoms with Gasteiger partial charge in [-0.3, -0.25) is 20.1 Å². The topological polar surface area (TPSA) is 117 Å². The summed E-state index contributed by atoms with van der Waals surface area (Å²) in [5, 5.41) is 11.1. The first-order chi connectivity index (χ1) is 19.2. The van der Waals surface area contributed by atoms with E-state index in [4.69, 9.17) is 15.9 Å². The minimum atomic E-state index is -2.68. The number of likely N-dealkylation sites (tertiary alicyclic amines) is 1. The van der Waals surface area contributed by atoms with Gasteiger partial charge in [0.25, 0.3) is 11.8 Å². The molecule has 4 aromatic rings. The molecule has 0 bridgehead atoms. The number of nitrogens with zero attached hydrogens (tertiary/aromatic N) is 3. The Morgan fingerprint density at radius 3 is 2.62 bits per heavy atom. The Morgan fingerprint density at radius 2 is 1.90 bits per heavy atom. The minimum Gasteiger partial charge on any atom is -0.436 e. The number of amides is 1. The van der Waals surface area contributed by atoms with E-state index in [2.05, 4.69) is 15.3 Å². The molecule has 1 amide bonds. The van der Waals surface area contributed by atoms with E-state index in [9.17, 15) is 18.0 Å². The number of hydrogen-bond acceptors (Lipinski definition) is 7. The first-order valence-electron chi connectivity index (χ1n) is 12.4. The van der Waals surface area contributed by atoms with Crippen molar-refractivity contribution >= 4 is 23.0 Å². The lowest BCUT2D eigenvalue weighted by Gasteiger charge is -2.16. The number of pyridine rings is 2. The maximum Gasteiger partial charge on any atom is 0.274 e. The van der Waals surface area contributed by atoms with Gasteiger partial charge in [0.05, 0.1) is 18.4 Å². The molecule has 5 rings (SSSR count). The van der Waals surface area contributed by atoms with Gasteiger partial charge in [-0.1, -0.05) is 18.2 Å². The first kappa shape index (κ1) is 26.8. The summed E-state index contributed by atoms with van der Waals surface area (Å²) in [4.78, 5) is 22.9. The number of nitrogens with one attached hydrogen (secondary N) is 2. The van der Waals surface area contributed by atoms with Crippen molar-refractivity contribution in [3.63, 3.8) is 0 Å². The fraction of sp³-hybridized carbons (Fsp3) is 0.172. The first-order valence-corrected chi connectivity index (χ1v) is 12.4. The lowest BCUT2D eigenvalue weighted by molar-refractivity contribution is -0.110. The fourth-order valence-corrected chi connectivity index (χ4v) is 4.36. The van der Waals surface area contributed by atoms with E-state index in [1.807, 2.05) is 6.07 Å². The van der Waals surface area contributed by atoms with Crippen molar-refractivity contribution in [2.75, 3.05) is 24.1 Å². The minimum absolute atomic E-state index is 0.0160. The molecule has 3 heterocycles. The average molecular weight is 547 g/mol. The summed E-state index contributed by atoms with van der Waals surface area (Å²) in [6.45, 7) is 0.368. The molecule has 1 saturated heterocycles. The molecule has 2 aromatic carbocycles. The van der Waals surface area contributed by atoms with Crippen molar-refractivity contribution in [3.8, 4) is 22.8 Å². The predicted molar refractivity (Wildman–Crippen MR) is 145 cm³/mol. The van der Waals surface area contributed by atoms with Gasteiger partial charge in [0.2, 0.25) is 5.88 Å². The molecule has 8 nitrogen and oxygen atoms in total. The lowest BCUT2D eigenvalue weighted by atomic mass is 9.99. The summed E-state index contributed by atoms with van der Waals surface area (Å²) in [6, 6.07) is 15.7. The zero-order valence-corrected chi connectivity index (χ0v) is 21.2. The third-order valence-corrected chi connectivity index (χ3v) is 6.38. The van der Waals surface area contributed by atoms with Crippen molar-refractivity contribution in [3.05, 3.63) is 96.2 Å². The maximum absolute atomic E-state index is 13.8. The summed E-state index contributed by atoms with van der Waals surface area (Å²) in [7, 11) is 0. The number of halogens is 3. The standard InChI is InChI=1S/C29H25F3N6O2/c30-23-3-1-2-4-25(23)40-26-8-6-21(15-36-26)37-28(39)27(34)22-12-19(5-7-24(22)33)20-11-18(13-35-14-20)16-38-10-9-29(31,32)17-38/h1-8,11-15,34H,9-10,16-17,33H2,(H,37,39). The molecule has 1 aliphatic heterocycles. The quantitative estimate of drug-likeness (QED) is 0.198. The maximum atomic E-state index is 13.8. The second kappa shape index (κ2) is 11.1. The molecule has 0 spiro atoms. The third kappa shape index (κ3) is 6.26. The van der Waals surface area contributed by atoms with Crippen LogP contribution < -0.4 is 15.8 Å². The van der Waals surface area contributed by atoms with Gasteiger partial charge in [0.1, 0.15) is 5.71 Å². The van der Waals surface area contributed by atoms with Gasteiger partial charge in [-0.15, -0.1) is 0 Å². The normalized spacial score (nSPS) is 14.6. The second-order valence-corrected chi connectivity index (χ2v) is 9.45. The van der Waals surface area contributed by atoms with Crippen molar-refractivity contribution in [1.29, 1.82) is 5.41 Å². The third-order valence-electron chi connectivity index (χ3n) is 6.38. The highest BCUT2D eigenvalue weighted by atomic mass is 19.3. The number of anilines is 2.